The summed E-state index contributed by atoms with van der Waals surface area (Å²) in [5.41, 5.74) is 1.43. The van der Waals surface area contributed by atoms with Gasteiger partial charge in [-0.05, 0) is 44.4 Å². The van der Waals surface area contributed by atoms with Crippen molar-refractivity contribution in [3.8, 4) is 0 Å². The van der Waals surface area contributed by atoms with E-state index in [0.29, 0.717) is 13.0 Å². The van der Waals surface area contributed by atoms with E-state index in [1.807, 2.05) is 13.8 Å². The second-order valence-electron chi connectivity index (χ2n) is 6.11. The predicted molar refractivity (Wildman–Crippen MR) is 83.1 cm³/mol. The molecular weight excluding hydrogens is 268 g/mol. The number of hydrogen-bond acceptors (Lipinski definition) is 3. The minimum Gasteiger partial charge on any atom is -0.480 e. The molecule has 0 spiro atoms. The summed E-state index contributed by atoms with van der Waals surface area (Å²) < 4.78 is 0. The molecular formula is C16H28N2O3. The fourth-order valence-electron chi connectivity index (χ4n) is 2.52. The molecule has 0 bridgehead atoms. The Morgan fingerprint density at radius 3 is 2.67 bits per heavy atom. The van der Waals surface area contributed by atoms with E-state index in [-0.39, 0.29) is 18.4 Å². The second-order valence-corrected chi connectivity index (χ2v) is 6.11. The quantitative estimate of drug-likeness (QED) is 0.569. The molecule has 0 aromatic carbocycles. The van der Waals surface area contributed by atoms with Gasteiger partial charge in [0.2, 0.25) is 5.91 Å². The molecule has 1 aliphatic rings. The Bertz CT molecular complexity index is 378. The van der Waals surface area contributed by atoms with Crippen molar-refractivity contribution >= 4 is 11.9 Å². The van der Waals surface area contributed by atoms with Crippen LogP contribution >= 0.6 is 0 Å². The molecule has 5 heteroatoms. The van der Waals surface area contributed by atoms with E-state index in [0.717, 1.165) is 19.3 Å². The van der Waals surface area contributed by atoms with Gasteiger partial charge in [0.05, 0.1) is 6.54 Å². The van der Waals surface area contributed by atoms with Crippen LogP contribution in [0.5, 0.6) is 0 Å². The van der Waals surface area contributed by atoms with Crippen molar-refractivity contribution in [2.45, 2.75) is 58.4 Å². The van der Waals surface area contributed by atoms with Crippen LogP contribution in [-0.2, 0) is 9.59 Å². The van der Waals surface area contributed by atoms with E-state index in [1.54, 1.807) is 0 Å². The summed E-state index contributed by atoms with van der Waals surface area (Å²) in [5, 5.41) is 14.7. The Morgan fingerprint density at radius 1 is 1.33 bits per heavy atom. The Labute approximate surface area is 127 Å². The van der Waals surface area contributed by atoms with E-state index in [4.69, 9.17) is 5.11 Å². The number of rotatable bonds is 9. The molecule has 0 fully saturated rings. The van der Waals surface area contributed by atoms with Gasteiger partial charge in [-0.3, -0.25) is 14.9 Å². The maximum Gasteiger partial charge on any atom is 0.320 e. The van der Waals surface area contributed by atoms with Crippen LogP contribution in [0.3, 0.4) is 0 Å². The molecule has 1 atom stereocenters. The predicted octanol–water partition coefficient (Wildman–Crippen LogP) is 2.08. The molecule has 120 valence electrons. The number of carbonyl (C=O) groups excluding carboxylic acids is 1. The standard InChI is InChI=1S/C16H28N2O3/c1-12(2)10-14(16(20)21)18-11-15(19)17-9-8-13-6-4-3-5-7-13/h6,12,14,18H,3-5,7-11H2,1-2H3,(H,17,19)(H,20,21). The SMILES string of the molecule is CC(C)CC(NCC(=O)NCCC1=CCCCC1)C(=O)O. The van der Waals surface area contributed by atoms with E-state index in [9.17, 15) is 9.59 Å². The van der Waals surface area contributed by atoms with Crippen molar-refractivity contribution in [3.63, 3.8) is 0 Å². The number of carboxylic acid groups (broad SMARTS) is 1. The summed E-state index contributed by atoms with van der Waals surface area (Å²) in [6, 6.07) is -0.656. The summed E-state index contributed by atoms with van der Waals surface area (Å²) >= 11 is 0. The van der Waals surface area contributed by atoms with Gasteiger partial charge >= 0.3 is 5.97 Å². The first-order valence-corrected chi connectivity index (χ1v) is 7.90. The van der Waals surface area contributed by atoms with Crippen LogP contribution in [0.15, 0.2) is 11.6 Å². The molecule has 0 saturated heterocycles. The lowest BCUT2D eigenvalue weighted by atomic mass is 9.97. The first kappa shape index (κ1) is 17.7. The summed E-state index contributed by atoms with van der Waals surface area (Å²) in [6.45, 7) is 4.63. The van der Waals surface area contributed by atoms with Gasteiger partial charge in [-0.15, -0.1) is 0 Å². The average molecular weight is 296 g/mol. The highest BCUT2D eigenvalue weighted by molar-refractivity contribution is 5.79. The van der Waals surface area contributed by atoms with E-state index < -0.39 is 12.0 Å². The van der Waals surface area contributed by atoms with Gasteiger partial charge in [0.1, 0.15) is 6.04 Å². The fraction of sp³-hybridized carbons (Fsp3) is 0.750. The minimum absolute atomic E-state index is 0.0583. The van der Waals surface area contributed by atoms with Crippen molar-refractivity contribution in [2.24, 2.45) is 5.92 Å². The van der Waals surface area contributed by atoms with Crippen LogP contribution in [0.25, 0.3) is 0 Å². The van der Waals surface area contributed by atoms with Crippen molar-refractivity contribution in [1.29, 1.82) is 0 Å². The van der Waals surface area contributed by atoms with Crippen molar-refractivity contribution in [1.82, 2.24) is 10.6 Å². The molecule has 3 N–H and O–H groups in total. The molecule has 1 unspecified atom stereocenters. The van der Waals surface area contributed by atoms with E-state index in [1.165, 1.54) is 18.4 Å². The highest BCUT2D eigenvalue weighted by Crippen LogP contribution is 2.19. The zero-order valence-corrected chi connectivity index (χ0v) is 13.2. The highest BCUT2D eigenvalue weighted by atomic mass is 16.4. The zero-order valence-electron chi connectivity index (χ0n) is 13.2. The molecule has 0 saturated carbocycles. The average Bonchev–Trinajstić information content (AvgIpc) is 2.44. The fourth-order valence-corrected chi connectivity index (χ4v) is 2.52. The van der Waals surface area contributed by atoms with Gasteiger partial charge in [-0.2, -0.15) is 0 Å². The van der Waals surface area contributed by atoms with Gasteiger partial charge in [0.25, 0.3) is 0 Å². The van der Waals surface area contributed by atoms with E-state index in [2.05, 4.69) is 16.7 Å². The smallest absolute Gasteiger partial charge is 0.320 e. The minimum atomic E-state index is -0.899. The van der Waals surface area contributed by atoms with E-state index >= 15 is 0 Å². The molecule has 1 aliphatic carbocycles. The van der Waals surface area contributed by atoms with Crippen LogP contribution in [0.4, 0.5) is 0 Å². The van der Waals surface area contributed by atoms with Crippen molar-refractivity contribution < 1.29 is 14.7 Å². The summed E-state index contributed by atoms with van der Waals surface area (Å²) in [4.78, 5) is 22.8. The number of carbonyl (C=O) groups is 2. The molecule has 0 aromatic heterocycles. The lowest BCUT2D eigenvalue weighted by Crippen LogP contribution is -2.43. The summed E-state index contributed by atoms with van der Waals surface area (Å²) in [6.07, 6.45) is 8.51. The zero-order chi connectivity index (χ0) is 15.7. The first-order chi connectivity index (χ1) is 9.99. The maximum absolute atomic E-state index is 11.7. The van der Waals surface area contributed by atoms with Crippen LogP contribution in [0.2, 0.25) is 0 Å². The van der Waals surface area contributed by atoms with Crippen LogP contribution < -0.4 is 10.6 Å². The lowest BCUT2D eigenvalue weighted by Gasteiger charge is -2.16. The van der Waals surface area contributed by atoms with Gasteiger partial charge in [-0.1, -0.05) is 25.5 Å². The summed E-state index contributed by atoms with van der Waals surface area (Å²) in [5.74, 6) is -0.759. The van der Waals surface area contributed by atoms with Crippen molar-refractivity contribution in [2.75, 3.05) is 13.1 Å². The number of allylic oxidation sites excluding steroid dienone is 1. The van der Waals surface area contributed by atoms with Crippen molar-refractivity contribution in [3.05, 3.63) is 11.6 Å². The maximum atomic E-state index is 11.7. The van der Waals surface area contributed by atoms with Crippen LogP contribution in [-0.4, -0.2) is 36.1 Å². The third-order valence-electron chi connectivity index (χ3n) is 3.67. The molecule has 1 rings (SSSR count). The number of amides is 1. The number of aliphatic carboxylic acids is 1. The molecule has 1 amide bonds. The van der Waals surface area contributed by atoms with Crippen LogP contribution in [0, 0.1) is 5.92 Å². The largest absolute Gasteiger partial charge is 0.480 e. The van der Waals surface area contributed by atoms with Gasteiger partial charge in [-0.25, -0.2) is 0 Å². The molecule has 0 aromatic rings. The number of hydrogen-bond donors (Lipinski definition) is 3. The highest BCUT2D eigenvalue weighted by Gasteiger charge is 2.19. The normalized spacial score (nSPS) is 16.4. The van der Waals surface area contributed by atoms with Gasteiger partial charge in [0, 0.05) is 6.54 Å². The first-order valence-electron chi connectivity index (χ1n) is 7.90. The molecule has 5 nitrogen and oxygen atoms in total. The lowest BCUT2D eigenvalue weighted by molar-refractivity contribution is -0.140. The second kappa shape index (κ2) is 9.55. The van der Waals surface area contributed by atoms with Crippen LogP contribution in [0.1, 0.15) is 52.4 Å². The number of nitrogens with one attached hydrogen (secondary N) is 2. The topological polar surface area (TPSA) is 78.4 Å². The molecule has 0 heterocycles. The third kappa shape index (κ3) is 7.85. The monoisotopic (exact) mass is 296 g/mol. The molecule has 0 radical (unpaired) electrons. The Hall–Kier alpha value is -1.36. The Morgan fingerprint density at radius 2 is 2.10 bits per heavy atom. The summed E-state index contributed by atoms with van der Waals surface area (Å²) in [7, 11) is 0. The molecule has 0 aliphatic heterocycles. The number of carboxylic acids is 1. The van der Waals surface area contributed by atoms with Gasteiger partial charge < -0.3 is 10.4 Å². The van der Waals surface area contributed by atoms with Gasteiger partial charge in [0.15, 0.2) is 0 Å². The molecule has 21 heavy (non-hydrogen) atoms. The Balaban J connectivity index is 2.20. The third-order valence-corrected chi connectivity index (χ3v) is 3.67. The Kier molecular flexibility index (Phi) is 8.05.